The summed E-state index contributed by atoms with van der Waals surface area (Å²) >= 11 is 5.93. The number of ether oxygens (including phenoxy) is 3. The lowest BCUT2D eigenvalue weighted by atomic mass is 10.1. The van der Waals surface area contributed by atoms with Crippen molar-refractivity contribution < 1.29 is 23.4 Å². The van der Waals surface area contributed by atoms with Crippen LogP contribution >= 0.6 is 11.6 Å². The van der Waals surface area contributed by atoms with Crippen LogP contribution in [-0.4, -0.2) is 66.0 Å². The number of likely N-dealkylation sites (tertiary alicyclic amines) is 1. The van der Waals surface area contributed by atoms with Gasteiger partial charge in [0.1, 0.15) is 29.7 Å². The molecule has 1 aromatic heterocycles. The maximum absolute atomic E-state index is 13.6. The van der Waals surface area contributed by atoms with Crippen LogP contribution in [-0.2, 0) is 4.74 Å². The number of fused-ring (bicyclic) bond motifs is 1. The van der Waals surface area contributed by atoms with Gasteiger partial charge < -0.3 is 29.7 Å². The van der Waals surface area contributed by atoms with Crippen molar-refractivity contribution in [1.29, 1.82) is 0 Å². The van der Waals surface area contributed by atoms with E-state index in [0.717, 1.165) is 37.9 Å². The second-order valence-electron chi connectivity index (χ2n) is 10.1. The molecule has 0 atom stereocenters. The molecule has 11 heteroatoms. The number of hydrogen-bond acceptors (Lipinski definition) is 8. The summed E-state index contributed by atoms with van der Waals surface area (Å²) in [5.74, 6) is 1.23. The predicted molar refractivity (Wildman–Crippen MR) is 145 cm³/mol. The molecule has 0 aliphatic carbocycles. The number of aromatic nitrogens is 2. The van der Waals surface area contributed by atoms with Crippen molar-refractivity contribution in [2.45, 2.75) is 45.3 Å². The number of methoxy groups -OCH3 is 1. The van der Waals surface area contributed by atoms with Crippen molar-refractivity contribution in [3.63, 3.8) is 0 Å². The maximum Gasteiger partial charge on any atom is 0.407 e. The highest BCUT2D eigenvalue weighted by Gasteiger charge is 2.23. The standard InChI is InChI=1S/C27H33ClFN5O4/c1-27(2,3)38-26(35)30-9-12-34-10-7-18(8-11-34)37-24-14-19-22(15-23(24)36-4)31-16-32-25(19)33-17-5-6-21(29)20(28)13-17/h5-6,13-16,18H,7-12H2,1-4H3,(H,30,35)(H,31,32,33). The number of rotatable bonds is 8. The Bertz CT molecular complexity index is 1280. The molecule has 204 valence electrons. The van der Waals surface area contributed by atoms with Crippen molar-refractivity contribution in [2.24, 2.45) is 0 Å². The van der Waals surface area contributed by atoms with E-state index < -0.39 is 17.5 Å². The lowest BCUT2D eigenvalue weighted by Crippen LogP contribution is -2.43. The molecule has 1 fully saturated rings. The molecule has 1 amide bonds. The van der Waals surface area contributed by atoms with Crippen LogP contribution in [0.3, 0.4) is 0 Å². The molecule has 0 radical (unpaired) electrons. The minimum atomic E-state index is -0.513. The van der Waals surface area contributed by atoms with Crippen LogP contribution < -0.4 is 20.1 Å². The zero-order chi connectivity index (χ0) is 27.3. The lowest BCUT2D eigenvalue weighted by Gasteiger charge is -2.32. The quantitative estimate of drug-likeness (QED) is 0.380. The molecule has 2 aromatic carbocycles. The van der Waals surface area contributed by atoms with Crippen molar-refractivity contribution in [1.82, 2.24) is 20.2 Å². The highest BCUT2D eigenvalue weighted by Crippen LogP contribution is 2.36. The predicted octanol–water partition coefficient (Wildman–Crippen LogP) is 5.54. The molecule has 1 saturated heterocycles. The molecular formula is C27H33ClFN5O4. The molecule has 0 spiro atoms. The number of carbonyl (C=O) groups excluding carboxylic acids is 1. The van der Waals surface area contributed by atoms with Crippen molar-refractivity contribution in [3.05, 3.63) is 47.5 Å². The van der Waals surface area contributed by atoms with Crippen LogP contribution in [0.15, 0.2) is 36.7 Å². The van der Waals surface area contributed by atoms with E-state index in [1.54, 1.807) is 13.2 Å². The average molecular weight is 546 g/mol. The Morgan fingerprint density at radius 2 is 1.92 bits per heavy atom. The Labute approximate surface area is 226 Å². The van der Waals surface area contributed by atoms with Crippen LogP contribution in [0.5, 0.6) is 11.5 Å². The van der Waals surface area contributed by atoms with E-state index >= 15 is 0 Å². The van der Waals surface area contributed by atoms with E-state index in [-0.39, 0.29) is 11.1 Å². The zero-order valence-corrected chi connectivity index (χ0v) is 22.8. The topological polar surface area (TPSA) is 97.8 Å². The SMILES string of the molecule is COc1cc2ncnc(Nc3ccc(F)c(Cl)c3)c2cc1OC1CCN(CCNC(=O)OC(C)(C)C)CC1. The van der Waals surface area contributed by atoms with Crippen LogP contribution in [0.1, 0.15) is 33.6 Å². The molecule has 2 heterocycles. The Hall–Kier alpha value is -3.37. The fraction of sp³-hybridized carbons (Fsp3) is 0.444. The van der Waals surface area contributed by atoms with Gasteiger partial charge >= 0.3 is 6.09 Å². The van der Waals surface area contributed by atoms with Gasteiger partial charge in [0.25, 0.3) is 0 Å². The number of alkyl carbamates (subject to hydrolysis) is 1. The molecule has 2 N–H and O–H groups in total. The van der Waals surface area contributed by atoms with Gasteiger partial charge in [-0.3, -0.25) is 0 Å². The van der Waals surface area contributed by atoms with Crippen LogP contribution in [0.25, 0.3) is 10.9 Å². The van der Waals surface area contributed by atoms with Gasteiger partial charge in [-0.05, 0) is 57.9 Å². The van der Waals surface area contributed by atoms with E-state index in [1.165, 1.54) is 18.5 Å². The summed E-state index contributed by atoms with van der Waals surface area (Å²) in [7, 11) is 1.59. The van der Waals surface area contributed by atoms with Gasteiger partial charge in [-0.1, -0.05) is 11.6 Å². The summed E-state index contributed by atoms with van der Waals surface area (Å²) in [5.41, 5.74) is 0.761. The smallest absolute Gasteiger partial charge is 0.407 e. The third kappa shape index (κ3) is 7.35. The van der Waals surface area contributed by atoms with Gasteiger partial charge in [-0.15, -0.1) is 0 Å². The number of halogens is 2. The van der Waals surface area contributed by atoms with E-state index in [2.05, 4.69) is 25.5 Å². The molecule has 9 nitrogen and oxygen atoms in total. The lowest BCUT2D eigenvalue weighted by molar-refractivity contribution is 0.0512. The Morgan fingerprint density at radius 1 is 1.16 bits per heavy atom. The number of benzene rings is 2. The molecule has 0 bridgehead atoms. The Balaban J connectivity index is 1.39. The first-order valence-electron chi connectivity index (χ1n) is 12.5. The van der Waals surface area contributed by atoms with E-state index in [4.69, 9.17) is 25.8 Å². The number of amides is 1. The molecule has 1 aliphatic heterocycles. The number of hydrogen-bond donors (Lipinski definition) is 2. The summed E-state index contributed by atoms with van der Waals surface area (Å²) in [6.45, 7) is 8.48. The highest BCUT2D eigenvalue weighted by atomic mass is 35.5. The maximum atomic E-state index is 13.6. The number of nitrogens with zero attached hydrogens (tertiary/aromatic N) is 3. The third-order valence-corrected chi connectivity index (χ3v) is 6.32. The second kappa shape index (κ2) is 12.0. The average Bonchev–Trinajstić information content (AvgIpc) is 2.86. The van der Waals surface area contributed by atoms with Crippen molar-refractivity contribution in [3.8, 4) is 11.5 Å². The van der Waals surface area contributed by atoms with Crippen LogP contribution in [0, 0.1) is 5.82 Å². The number of nitrogens with one attached hydrogen (secondary N) is 2. The van der Waals surface area contributed by atoms with Gasteiger partial charge in [0.2, 0.25) is 0 Å². The molecule has 4 rings (SSSR count). The van der Waals surface area contributed by atoms with Crippen molar-refractivity contribution in [2.75, 3.05) is 38.6 Å². The number of carbonyl (C=O) groups is 1. The minimum Gasteiger partial charge on any atom is -0.493 e. The largest absolute Gasteiger partial charge is 0.493 e. The minimum absolute atomic E-state index is 0.00774. The second-order valence-corrected chi connectivity index (χ2v) is 10.5. The molecular weight excluding hydrogens is 513 g/mol. The fourth-order valence-electron chi connectivity index (χ4n) is 4.19. The van der Waals surface area contributed by atoms with Crippen LogP contribution in [0.2, 0.25) is 5.02 Å². The third-order valence-electron chi connectivity index (χ3n) is 6.03. The van der Waals surface area contributed by atoms with Gasteiger partial charge in [0, 0.05) is 43.3 Å². The first kappa shape index (κ1) is 27.7. The van der Waals surface area contributed by atoms with Gasteiger partial charge in [-0.2, -0.15) is 0 Å². The summed E-state index contributed by atoms with van der Waals surface area (Å²) in [5, 5.41) is 6.74. The summed E-state index contributed by atoms with van der Waals surface area (Å²) in [4.78, 5) is 22.9. The Morgan fingerprint density at radius 3 is 2.61 bits per heavy atom. The molecule has 0 saturated carbocycles. The molecule has 3 aromatic rings. The summed E-state index contributed by atoms with van der Waals surface area (Å²) < 4.78 is 30.8. The van der Waals surface area contributed by atoms with Gasteiger partial charge in [0.05, 0.1) is 17.6 Å². The Kier molecular flexibility index (Phi) is 8.73. The van der Waals surface area contributed by atoms with E-state index in [0.29, 0.717) is 35.1 Å². The number of piperidine rings is 1. The van der Waals surface area contributed by atoms with Crippen molar-refractivity contribution >= 4 is 40.1 Å². The van der Waals surface area contributed by atoms with Gasteiger partial charge in [-0.25, -0.2) is 19.2 Å². The van der Waals surface area contributed by atoms with Gasteiger partial charge in [0.15, 0.2) is 11.5 Å². The van der Waals surface area contributed by atoms with Crippen LogP contribution in [0.4, 0.5) is 20.7 Å². The monoisotopic (exact) mass is 545 g/mol. The fourth-order valence-corrected chi connectivity index (χ4v) is 4.37. The highest BCUT2D eigenvalue weighted by molar-refractivity contribution is 6.31. The zero-order valence-electron chi connectivity index (χ0n) is 22.0. The van der Waals surface area contributed by atoms with E-state index in [1.807, 2.05) is 32.9 Å². The molecule has 0 unspecified atom stereocenters. The molecule has 1 aliphatic rings. The normalized spacial score (nSPS) is 14.8. The first-order valence-corrected chi connectivity index (χ1v) is 12.9. The van der Waals surface area contributed by atoms with E-state index in [9.17, 15) is 9.18 Å². The molecule has 38 heavy (non-hydrogen) atoms. The number of anilines is 2. The first-order chi connectivity index (χ1) is 18.1. The summed E-state index contributed by atoms with van der Waals surface area (Å²) in [6.07, 6.45) is 2.71. The summed E-state index contributed by atoms with van der Waals surface area (Å²) in [6, 6.07) is 8.06.